The average molecular weight is 1480 g/mol. The van der Waals surface area contributed by atoms with Crippen LogP contribution >= 0.6 is 0 Å². The summed E-state index contributed by atoms with van der Waals surface area (Å²) in [5.74, 6) is 15.0. The molecular weight excluding hydrogens is 1300 g/mol. The lowest BCUT2D eigenvalue weighted by molar-refractivity contribution is -0.290. The molecule has 10 aliphatic rings. The maximum atomic E-state index is 10.4. The molecule has 0 heterocycles. The Hall–Kier alpha value is -2.19. The normalized spacial score (nSPS) is 32.3. The van der Waals surface area contributed by atoms with Crippen LogP contribution in [0.4, 0.5) is 13.2 Å². The van der Waals surface area contributed by atoms with Gasteiger partial charge in [0.05, 0.1) is 12.2 Å². The molecule has 19 unspecified atom stereocenters. The maximum absolute atomic E-state index is 10.4. The van der Waals surface area contributed by atoms with Crippen LogP contribution in [0.2, 0.25) is 0 Å². The second-order valence-corrected chi connectivity index (χ2v) is 36.9. The van der Waals surface area contributed by atoms with E-state index in [4.69, 9.17) is 9.78 Å². The molecule has 9 fully saturated rings. The van der Waals surface area contributed by atoms with Gasteiger partial charge in [-0.15, -0.1) is 0 Å². The van der Waals surface area contributed by atoms with Crippen LogP contribution < -0.4 is 0 Å². The van der Waals surface area contributed by atoms with Crippen molar-refractivity contribution in [2.45, 2.75) is 417 Å². The van der Waals surface area contributed by atoms with E-state index in [2.05, 4.69) is 148 Å². The molecule has 616 valence electrons. The first kappa shape index (κ1) is 101. The summed E-state index contributed by atoms with van der Waals surface area (Å²) in [6.45, 7) is 54.8. The molecular formula is C98H179F3O4. The summed E-state index contributed by atoms with van der Waals surface area (Å²) in [5.41, 5.74) is 6.47. The number of halogens is 3. The Morgan fingerprint density at radius 3 is 1.21 bits per heavy atom. The lowest BCUT2D eigenvalue weighted by Crippen LogP contribution is -2.54. The first-order chi connectivity index (χ1) is 49.4. The standard InChI is InChI=1S/C29H52O2.C29H50O2.2C7H14.2C7H8.C3H8.C2H3F3.3C2H6.CH4/c2*1-19(2)8-7-9-20(3)25-12-13-26-24-11-10-23-18-22(21(4)31-30)14-16-28(23,5)27(24)15-17-29(25,26)6;4*1-7-5-3-2-4-6-7;1-3-2;1-2(3,4)5;3*1-2;/h19-27,30H,7-18H2,1-6H3;10,19-22,24-27,30H,7-9,11-18H2,1-6H3;2*7H,2-6H2,1H3;2*2-6H,1H3;3H2,1-2H3;1H3;3*1-2H3;1H4. The SMILES string of the molecule is C.CC.CC.CC.CC(C)CCCC(C)C1CCC2C3CC=C4CC(C(C)OO)CCC4(C)C3CCC12C.CC(C)CCCC(C)C1CCC2C3CCC4CC(C(C)OO)CCC4(C)C3CCC12C.CC(F)(F)F.CC1CCCCC1.CC1CCCCC1.CCC.Cc1ccccc1.Cc1ccccc1. The van der Waals surface area contributed by atoms with E-state index in [9.17, 15) is 23.7 Å². The first-order valence-electron chi connectivity index (χ1n) is 44.8. The van der Waals surface area contributed by atoms with Gasteiger partial charge in [-0.1, -0.05) is 338 Å². The number of rotatable bonds is 14. The van der Waals surface area contributed by atoms with E-state index < -0.39 is 6.18 Å². The van der Waals surface area contributed by atoms with Crippen molar-refractivity contribution in [2.24, 2.45) is 122 Å². The molecule has 0 aromatic heterocycles. The van der Waals surface area contributed by atoms with Crippen LogP contribution in [0.25, 0.3) is 0 Å². The number of allylic oxidation sites excluding steroid dienone is 2. The minimum absolute atomic E-state index is 0. The molecule has 12 rings (SSSR count). The predicted octanol–water partition coefficient (Wildman–Crippen LogP) is 33.0. The molecule has 2 N–H and O–H groups in total. The van der Waals surface area contributed by atoms with Crippen LogP contribution in [-0.4, -0.2) is 28.9 Å². The number of benzene rings is 2. The smallest absolute Gasteiger partial charge is 0.252 e. The average Bonchev–Trinajstić information content (AvgIpc) is 1.69. The topological polar surface area (TPSA) is 58.9 Å². The van der Waals surface area contributed by atoms with Crippen LogP contribution in [0.5, 0.6) is 0 Å². The van der Waals surface area contributed by atoms with E-state index in [1.54, 1.807) is 5.57 Å². The van der Waals surface area contributed by atoms with E-state index in [0.29, 0.717) is 33.5 Å². The maximum Gasteiger partial charge on any atom is 0.386 e. The molecule has 0 radical (unpaired) electrons. The van der Waals surface area contributed by atoms with Crippen molar-refractivity contribution >= 4 is 0 Å². The molecule has 0 aliphatic heterocycles. The lowest BCUT2D eigenvalue weighted by atomic mass is 9.44. The lowest BCUT2D eigenvalue weighted by Gasteiger charge is -2.61. The number of hydrogen-bond donors (Lipinski definition) is 2. The molecule has 9 saturated carbocycles. The van der Waals surface area contributed by atoms with Gasteiger partial charge in [-0.3, -0.25) is 10.5 Å². The first-order valence-corrected chi connectivity index (χ1v) is 44.8. The Morgan fingerprint density at radius 1 is 0.467 bits per heavy atom. The van der Waals surface area contributed by atoms with Gasteiger partial charge in [-0.05, 0) is 259 Å². The highest BCUT2D eigenvalue weighted by molar-refractivity contribution is 5.26. The van der Waals surface area contributed by atoms with Crippen molar-refractivity contribution in [3.63, 3.8) is 0 Å². The van der Waals surface area contributed by atoms with Gasteiger partial charge < -0.3 is 0 Å². The molecule has 0 saturated heterocycles. The number of alkyl halides is 3. The van der Waals surface area contributed by atoms with E-state index in [0.717, 1.165) is 95.2 Å². The number of aryl methyl sites for hydroxylation is 2. The largest absolute Gasteiger partial charge is 0.386 e. The van der Waals surface area contributed by atoms with Crippen LogP contribution in [0.1, 0.15) is 396 Å². The van der Waals surface area contributed by atoms with Crippen molar-refractivity contribution < 1.29 is 33.5 Å². The Morgan fingerprint density at radius 2 is 0.838 bits per heavy atom. The summed E-state index contributed by atoms with van der Waals surface area (Å²) >= 11 is 0. The van der Waals surface area contributed by atoms with Gasteiger partial charge in [0.25, 0.3) is 0 Å². The zero-order chi connectivity index (χ0) is 78.4. The Bertz CT molecular complexity index is 2390. The van der Waals surface area contributed by atoms with Gasteiger partial charge in [0.15, 0.2) is 0 Å². The monoisotopic (exact) mass is 1480 g/mol. The molecule has 0 bridgehead atoms. The molecule has 7 heteroatoms. The quantitative estimate of drug-likeness (QED) is 0.112. The van der Waals surface area contributed by atoms with Crippen LogP contribution in [0.3, 0.4) is 0 Å². The molecule has 2 aromatic rings. The fourth-order valence-corrected chi connectivity index (χ4v) is 22.7. The van der Waals surface area contributed by atoms with Crippen LogP contribution in [0, 0.1) is 136 Å². The van der Waals surface area contributed by atoms with Crippen LogP contribution in [-0.2, 0) is 9.78 Å². The van der Waals surface area contributed by atoms with Crippen molar-refractivity contribution in [1.29, 1.82) is 0 Å². The second-order valence-electron chi connectivity index (χ2n) is 36.9. The predicted molar refractivity (Wildman–Crippen MR) is 455 cm³/mol. The summed E-state index contributed by atoms with van der Waals surface area (Å²) in [4.78, 5) is 9.48. The molecule has 0 spiro atoms. The Kier molecular flexibility index (Phi) is 50.1. The zero-order valence-electron chi connectivity index (χ0n) is 73.2. The molecule has 2 aromatic carbocycles. The third kappa shape index (κ3) is 32.1. The molecule has 4 nitrogen and oxygen atoms in total. The fourth-order valence-electron chi connectivity index (χ4n) is 22.7. The summed E-state index contributed by atoms with van der Waals surface area (Å²) in [6, 6.07) is 20.5. The Balaban J connectivity index is 0.000000679. The van der Waals surface area contributed by atoms with E-state index in [1.165, 1.54) is 223 Å². The van der Waals surface area contributed by atoms with Crippen molar-refractivity contribution in [3.05, 3.63) is 83.4 Å². The fraction of sp³-hybridized carbons (Fsp3) is 0.857. The molecule has 19 atom stereocenters. The number of hydrogen-bond acceptors (Lipinski definition) is 4. The highest BCUT2D eigenvalue weighted by Gasteiger charge is 2.62. The van der Waals surface area contributed by atoms with Gasteiger partial charge in [0.2, 0.25) is 0 Å². The van der Waals surface area contributed by atoms with Crippen molar-refractivity contribution in [3.8, 4) is 0 Å². The van der Waals surface area contributed by atoms with Crippen molar-refractivity contribution in [1.82, 2.24) is 0 Å². The summed E-state index contributed by atoms with van der Waals surface area (Å²) < 4.78 is 31.1. The molecule has 105 heavy (non-hydrogen) atoms. The summed E-state index contributed by atoms with van der Waals surface area (Å²) in [5, 5.41) is 18.4. The number of fused-ring (bicyclic) bond motifs is 10. The van der Waals surface area contributed by atoms with Crippen LogP contribution in [0.15, 0.2) is 72.3 Å². The Labute approximate surface area is 652 Å². The van der Waals surface area contributed by atoms with E-state index in [-0.39, 0.29) is 26.6 Å². The van der Waals surface area contributed by atoms with Gasteiger partial charge in [-0.2, -0.15) is 13.2 Å². The van der Waals surface area contributed by atoms with E-state index in [1.807, 2.05) is 84.9 Å². The third-order valence-corrected chi connectivity index (χ3v) is 28.6. The summed E-state index contributed by atoms with van der Waals surface area (Å²) in [7, 11) is 0. The van der Waals surface area contributed by atoms with Gasteiger partial charge in [-0.25, -0.2) is 9.78 Å². The van der Waals surface area contributed by atoms with Gasteiger partial charge in [0.1, 0.15) is 0 Å². The third-order valence-electron chi connectivity index (χ3n) is 28.6. The van der Waals surface area contributed by atoms with Gasteiger partial charge >= 0.3 is 6.18 Å². The summed E-state index contributed by atoms with van der Waals surface area (Å²) in [6.07, 6.45) is 46.8. The van der Waals surface area contributed by atoms with Gasteiger partial charge in [0, 0.05) is 6.92 Å². The zero-order valence-corrected chi connectivity index (χ0v) is 73.2. The highest BCUT2D eigenvalue weighted by Crippen LogP contribution is 2.70. The van der Waals surface area contributed by atoms with Crippen molar-refractivity contribution in [2.75, 3.05) is 0 Å². The molecule has 0 amide bonds. The molecule has 10 aliphatic carbocycles. The highest BCUT2D eigenvalue weighted by atomic mass is 19.4. The minimum Gasteiger partial charge on any atom is -0.252 e. The minimum atomic E-state index is -4.00. The van der Waals surface area contributed by atoms with E-state index >= 15 is 0 Å². The second kappa shape index (κ2) is 52.2.